The number of aromatic nitrogens is 6. The summed E-state index contributed by atoms with van der Waals surface area (Å²) in [5.74, 6) is 1.84. The Kier molecular flexibility index (Phi) is 4.33. The lowest BCUT2D eigenvalue weighted by Gasteiger charge is -2.25. The third-order valence-electron chi connectivity index (χ3n) is 3.61. The molecule has 0 saturated heterocycles. The zero-order chi connectivity index (χ0) is 14.7. The van der Waals surface area contributed by atoms with Gasteiger partial charge in [-0.1, -0.05) is 31.5 Å². The van der Waals surface area contributed by atoms with E-state index in [4.69, 9.17) is 0 Å². The first-order valence-corrected chi connectivity index (χ1v) is 8.08. The fraction of sp³-hybridized carbons (Fsp3) is 0.615. The maximum Gasteiger partial charge on any atom is 0.257 e. The second-order valence-electron chi connectivity index (χ2n) is 5.34. The molecule has 1 aliphatic carbocycles. The van der Waals surface area contributed by atoms with Gasteiger partial charge in [-0.2, -0.15) is 24.7 Å². The van der Waals surface area contributed by atoms with E-state index in [-0.39, 0.29) is 0 Å². The molecule has 2 aromatic heterocycles. The lowest BCUT2D eigenvalue weighted by Crippen LogP contribution is -2.16. The van der Waals surface area contributed by atoms with Crippen LogP contribution in [0.3, 0.4) is 0 Å². The minimum Gasteiger partial charge on any atom is -0.357 e. The molecule has 0 aliphatic heterocycles. The Hall–Kier alpha value is -1.70. The van der Waals surface area contributed by atoms with Gasteiger partial charge < -0.3 is 5.32 Å². The normalized spacial score (nSPS) is 22.2. The number of anilines is 1. The number of hydrogen-bond acceptors (Lipinski definition) is 7. The van der Waals surface area contributed by atoms with E-state index in [1.54, 1.807) is 29.8 Å². The van der Waals surface area contributed by atoms with Crippen LogP contribution in [0.5, 0.6) is 0 Å². The molecule has 2 aromatic rings. The highest BCUT2D eigenvalue weighted by Gasteiger charge is 2.21. The molecule has 1 fully saturated rings. The molecule has 0 spiro atoms. The number of nitrogens with zero attached hydrogens (tertiary/aromatic N) is 6. The van der Waals surface area contributed by atoms with Crippen LogP contribution in [0.25, 0.3) is 5.95 Å². The molecular weight excluding hydrogens is 286 g/mol. The highest BCUT2D eigenvalue weighted by Crippen LogP contribution is 2.34. The topological polar surface area (TPSA) is 81.4 Å². The lowest BCUT2D eigenvalue weighted by atomic mass is 9.91. The van der Waals surface area contributed by atoms with Crippen molar-refractivity contribution in [2.24, 2.45) is 5.92 Å². The van der Waals surface area contributed by atoms with Gasteiger partial charge in [0.05, 0.1) is 0 Å². The predicted octanol–water partition coefficient (Wildman–Crippen LogP) is 2.16. The summed E-state index contributed by atoms with van der Waals surface area (Å²) < 4.78 is 1.55. The minimum absolute atomic E-state index is 0.498. The van der Waals surface area contributed by atoms with E-state index in [2.05, 4.69) is 37.3 Å². The average molecular weight is 305 g/mol. The highest BCUT2D eigenvalue weighted by atomic mass is 32.2. The van der Waals surface area contributed by atoms with Crippen molar-refractivity contribution in [1.29, 1.82) is 0 Å². The number of nitrogens with one attached hydrogen (secondary N) is 1. The van der Waals surface area contributed by atoms with Crippen molar-refractivity contribution in [3.05, 3.63) is 12.7 Å². The van der Waals surface area contributed by atoms with Crippen LogP contribution in [0, 0.1) is 5.92 Å². The quantitative estimate of drug-likeness (QED) is 0.927. The van der Waals surface area contributed by atoms with Gasteiger partial charge in [-0.25, -0.2) is 4.98 Å². The molecule has 2 unspecified atom stereocenters. The first kappa shape index (κ1) is 14.2. The molecule has 8 heteroatoms. The standard InChI is InChI=1S/C13H19N7S/c1-9-4-3-5-10(6-9)21-13-18-11(14-2)17-12(19-13)20-8-15-7-16-20/h7-10H,3-6H2,1-2H3,(H,14,17,18,19). The summed E-state index contributed by atoms with van der Waals surface area (Å²) in [5, 5.41) is 8.39. The van der Waals surface area contributed by atoms with Crippen molar-refractivity contribution in [2.75, 3.05) is 12.4 Å². The molecule has 3 rings (SSSR count). The van der Waals surface area contributed by atoms with E-state index in [1.807, 2.05) is 0 Å². The summed E-state index contributed by atoms with van der Waals surface area (Å²) in [6.07, 6.45) is 8.14. The zero-order valence-electron chi connectivity index (χ0n) is 12.2. The molecule has 112 valence electrons. The van der Waals surface area contributed by atoms with Crippen molar-refractivity contribution < 1.29 is 0 Å². The molecule has 1 aliphatic rings. The van der Waals surface area contributed by atoms with Crippen LogP contribution in [0.15, 0.2) is 17.8 Å². The van der Waals surface area contributed by atoms with Crippen molar-refractivity contribution in [1.82, 2.24) is 29.7 Å². The molecule has 0 amide bonds. The Labute approximate surface area is 128 Å². The Morgan fingerprint density at radius 1 is 1.29 bits per heavy atom. The first-order valence-electron chi connectivity index (χ1n) is 7.20. The Bertz CT molecular complexity index is 586. The minimum atomic E-state index is 0.498. The van der Waals surface area contributed by atoms with Gasteiger partial charge >= 0.3 is 0 Å². The number of hydrogen-bond donors (Lipinski definition) is 1. The van der Waals surface area contributed by atoms with E-state index in [0.29, 0.717) is 17.1 Å². The zero-order valence-corrected chi connectivity index (χ0v) is 13.0. The van der Waals surface area contributed by atoms with Crippen molar-refractivity contribution in [3.63, 3.8) is 0 Å². The average Bonchev–Trinajstić information content (AvgIpc) is 3.01. The van der Waals surface area contributed by atoms with Crippen LogP contribution < -0.4 is 5.32 Å². The van der Waals surface area contributed by atoms with Crippen molar-refractivity contribution in [2.45, 2.75) is 43.0 Å². The van der Waals surface area contributed by atoms with E-state index >= 15 is 0 Å². The summed E-state index contributed by atoms with van der Waals surface area (Å²) in [6.45, 7) is 2.32. The largest absolute Gasteiger partial charge is 0.357 e. The fourth-order valence-corrected chi connectivity index (χ4v) is 3.84. The second kappa shape index (κ2) is 6.38. The van der Waals surface area contributed by atoms with Gasteiger partial charge in [0.1, 0.15) is 12.7 Å². The molecule has 0 aromatic carbocycles. The van der Waals surface area contributed by atoms with E-state index in [9.17, 15) is 0 Å². The summed E-state index contributed by atoms with van der Waals surface area (Å²) in [4.78, 5) is 17.2. The first-order chi connectivity index (χ1) is 10.2. The van der Waals surface area contributed by atoms with Crippen molar-refractivity contribution >= 4 is 17.7 Å². The van der Waals surface area contributed by atoms with Crippen LogP contribution in [0.2, 0.25) is 0 Å². The van der Waals surface area contributed by atoms with Crippen LogP contribution in [0.4, 0.5) is 5.95 Å². The molecule has 2 atom stereocenters. The van der Waals surface area contributed by atoms with Crippen LogP contribution in [0.1, 0.15) is 32.6 Å². The Morgan fingerprint density at radius 2 is 2.19 bits per heavy atom. The molecule has 0 radical (unpaired) electrons. The summed E-state index contributed by atoms with van der Waals surface area (Å²) in [7, 11) is 1.80. The molecule has 2 heterocycles. The summed E-state index contributed by atoms with van der Waals surface area (Å²) >= 11 is 1.75. The lowest BCUT2D eigenvalue weighted by molar-refractivity contribution is 0.394. The Morgan fingerprint density at radius 3 is 2.90 bits per heavy atom. The molecule has 1 N–H and O–H groups in total. The third-order valence-corrected chi connectivity index (χ3v) is 4.77. The molecule has 0 bridgehead atoms. The molecule has 1 saturated carbocycles. The predicted molar refractivity (Wildman–Crippen MR) is 81.6 cm³/mol. The van der Waals surface area contributed by atoms with Gasteiger partial charge in [0.15, 0.2) is 5.16 Å². The van der Waals surface area contributed by atoms with Crippen LogP contribution in [-0.2, 0) is 0 Å². The van der Waals surface area contributed by atoms with E-state index in [0.717, 1.165) is 11.1 Å². The molecular formula is C13H19N7S. The van der Waals surface area contributed by atoms with Gasteiger partial charge in [0.25, 0.3) is 5.95 Å². The summed E-state index contributed by atoms with van der Waals surface area (Å²) in [5.41, 5.74) is 0. The molecule has 21 heavy (non-hydrogen) atoms. The molecule has 7 nitrogen and oxygen atoms in total. The van der Waals surface area contributed by atoms with Crippen LogP contribution >= 0.6 is 11.8 Å². The maximum absolute atomic E-state index is 4.50. The second-order valence-corrected chi connectivity index (χ2v) is 6.61. The fourth-order valence-electron chi connectivity index (χ4n) is 2.56. The van der Waals surface area contributed by atoms with Gasteiger partial charge in [-0.3, -0.25) is 0 Å². The number of rotatable bonds is 4. The highest BCUT2D eigenvalue weighted by molar-refractivity contribution is 7.99. The third kappa shape index (κ3) is 3.49. The SMILES string of the molecule is CNc1nc(SC2CCCC(C)C2)nc(-n2cncn2)n1. The monoisotopic (exact) mass is 305 g/mol. The van der Waals surface area contributed by atoms with Gasteiger partial charge in [-0.05, 0) is 18.8 Å². The smallest absolute Gasteiger partial charge is 0.257 e. The van der Waals surface area contributed by atoms with Gasteiger partial charge in [-0.15, -0.1) is 0 Å². The van der Waals surface area contributed by atoms with Crippen LogP contribution in [-0.4, -0.2) is 42.0 Å². The van der Waals surface area contributed by atoms with Gasteiger partial charge in [0.2, 0.25) is 5.95 Å². The summed E-state index contributed by atoms with van der Waals surface area (Å²) in [6, 6.07) is 0. The number of thioether (sulfide) groups is 1. The van der Waals surface area contributed by atoms with E-state index in [1.165, 1.54) is 32.0 Å². The maximum atomic E-state index is 4.50. The Balaban J connectivity index is 1.82. The van der Waals surface area contributed by atoms with E-state index < -0.39 is 0 Å². The van der Waals surface area contributed by atoms with Crippen molar-refractivity contribution in [3.8, 4) is 5.95 Å². The van der Waals surface area contributed by atoms with Gasteiger partial charge in [0, 0.05) is 12.3 Å².